The molecule has 2 aromatic heterocycles. The van der Waals surface area contributed by atoms with Crippen molar-refractivity contribution in [1.82, 2.24) is 14.8 Å². The summed E-state index contributed by atoms with van der Waals surface area (Å²) in [5.74, 6) is -0.558. The molecule has 33 heavy (non-hydrogen) atoms. The number of amides is 1. The second-order valence-corrected chi connectivity index (χ2v) is 8.46. The predicted molar refractivity (Wildman–Crippen MR) is 117 cm³/mol. The van der Waals surface area contributed by atoms with E-state index in [4.69, 9.17) is 0 Å². The Morgan fingerprint density at radius 3 is 2.39 bits per heavy atom. The summed E-state index contributed by atoms with van der Waals surface area (Å²) in [5, 5.41) is 4.32. The van der Waals surface area contributed by atoms with E-state index in [0.717, 1.165) is 17.5 Å². The average Bonchev–Trinajstić information content (AvgIpc) is 3.13. The van der Waals surface area contributed by atoms with Gasteiger partial charge in [-0.3, -0.25) is 19.3 Å². The molecule has 0 saturated heterocycles. The molecule has 0 spiro atoms. The second-order valence-electron chi connectivity index (χ2n) is 8.46. The second kappa shape index (κ2) is 8.13. The standard InChI is InChI=1S/C24H23F3N4O2/c1-13-7-19(5-6-20(13)24(25,26)27)30-12-16(4)31-22(23(30)33)18(11-28-31)10-21(32)17-8-14(2)29-15(3)9-17/h5-9,11,16H,10,12H2,1-4H3/t16-/m0/s1. The first-order valence-corrected chi connectivity index (χ1v) is 10.5. The lowest BCUT2D eigenvalue weighted by atomic mass is 10.0. The summed E-state index contributed by atoms with van der Waals surface area (Å²) in [4.78, 5) is 32.0. The van der Waals surface area contributed by atoms with E-state index in [2.05, 4.69) is 10.1 Å². The molecule has 1 atom stereocenters. The summed E-state index contributed by atoms with van der Waals surface area (Å²) in [5.41, 5.74) is 2.41. The highest BCUT2D eigenvalue weighted by molar-refractivity contribution is 6.08. The maximum absolute atomic E-state index is 13.4. The van der Waals surface area contributed by atoms with Gasteiger partial charge in [0.05, 0.1) is 17.8 Å². The van der Waals surface area contributed by atoms with Gasteiger partial charge in [-0.05, 0) is 63.6 Å². The quantitative estimate of drug-likeness (QED) is 0.526. The number of carbonyl (C=O) groups is 2. The average molecular weight is 456 g/mol. The van der Waals surface area contributed by atoms with Crippen molar-refractivity contribution in [3.05, 3.63) is 75.9 Å². The monoisotopic (exact) mass is 456 g/mol. The number of aromatic nitrogens is 3. The molecule has 1 aromatic carbocycles. The van der Waals surface area contributed by atoms with Crippen molar-refractivity contribution in [1.29, 1.82) is 0 Å². The number of hydrogen-bond donors (Lipinski definition) is 0. The molecule has 0 bridgehead atoms. The zero-order chi connectivity index (χ0) is 24.1. The van der Waals surface area contributed by atoms with Gasteiger partial charge in [-0.15, -0.1) is 0 Å². The first-order chi connectivity index (χ1) is 15.5. The molecular formula is C24H23F3N4O2. The van der Waals surface area contributed by atoms with Crippen LogP contribution in [-0.2, 0) is 12.6 Å². The molecule has 0 saturated carbocycles. The summed E-state index contributed by atoms with van der Waals surface area (Å²) >= 11 is 0. The minimum atomic E-state index is -4.46. The first kappa shape index (κ1) is 22.7. The number of aryl methyl sites for hydroxylation is 3. The van der Waals surface area contributed by atoms with Crippen LogP contribution < -0.4 is 4.90 Å². The Morgan fingerprint density at radius 2 is 1.79 bits per heavy atom. The number of pyridine rings is 1. The fourth-order valence-electron chi connectivity index (χ4n) is 4.28. The number of halogens is 3. The van der Waals surface area contributed by atoms with E-state index in [9.17, 15) is 22.8 Å². The van der Waals surface area contributed by atoms with Crippen LogP contribution in [0.1, 0.15) is 61.9 Å². The smallest absolute Gasteiger partial charge is 0.305 e. The molecule has 0 aliphatic carbocycles. The van der Waals surface area contributed by atoms with Crippen LogP contribution in [0, 0.1) is 20.8 Å². The molecule has 0 unspecified atom stereocenters. The molecular weight excluding hydrogens is 433 g/mol. The summed E-state index contributed by atoms with van der Waals surface area (Å²) in [7, 11) is 0. The number of hydrogen-bond acceptors (Lipinski definition) is 4. The van der Waals surface area contributed by atoms with Gasteiger partial charge in [0.25, 0.3) is 5.91 Å². The van der Waals surface area contributed by atoms with Gasteiger partial charge in [0.15, 0.2) is 5.78 Å². The van der Waals surface area contributed by atoms with E-state index >= 15 is 0 Å². The Kier molecular flexibility index (Phi) is 5.59. The van der Waals surface area contributed by atoms with Gasteiger partial charge in [-0.2, -0.15) is 18.3 Å². The minimum Gasteiger partial charge on any atom is -0.305 e. The van der Waals surface area contributed by atoms with E-state index in [1.54, 1.807) is 30.7 Å². The fraction of sp³-hybridized carbons (Fsp3) is 0.333. The van der Waals surface area contributed by atoms with Crippen LogP contribution in [0.15, 0.2) is 36.5 Å². The van der Waals surface area contributed by atoms with E-state index in [1.807, 2.05) is 6.92 Å². The molecule has 1 aliphatic heterocycles. The Balaban J connectivity index is 1.66. The maximum atomic E-state index is 13.4. The molecule has 0 fully saturated rings. The summed E-state index contributed by atoms with van der Waals surface area (Å²) in [6, 6.07) is 6.86. The maximum Gasteiger partial charge on any atom is 0.416 e. The van der Waals surface area contributed by atoms with Crippen LogP contribution in [0.2, 0.25) is 0 Å². The highest BCUT2D eigenvalue weighted by atomic mass is 19.4. The van der Waals surface area contributed by atoms with Crippen molar-refractivity contribution in [3.8, 4) is 0 Å². The van der Waals surface area contributed by atoms with Crippen molar-refractivity contribution < 1.29 is 22.8 Å². The van der Waals surface area contributed by atoms with E-state index < -0.39 is 17.6 Å². The number of ketones is 1. The molecule has 9 heteroatoms. The Bertz CT molecular complexity index is 1240. The number of Topliss-reactive ketones (excluding diaryl/α,β-unsaturated/α-hetero) is 1. The van der Waals surface area contributed by atoms with Gasteiger partial charge in [0.2, 0.25) is 0 Å². The van der Waals surface area contributed by atoms with Crippen molar-refractivity contribution in [2.75, 3.05) is 11.4 Å². The lowest BCUT2D eigenvalue weighted by molar-refractivity contribution is -0.138. The number of nitrogens with zero attached hydrogens (tertiary/aromatic N) is 4. The Hall–Kier alpha value is -3.49. The van der Waals surface area contributed by atoms with Crippen molar-refractivity contribution in [3.63, 3.8) is 0 Å². The number of benzene rings is 1. The molecule has 1 amide bonds. The van der Waals surface area contributed by atoms with Crippen LogP contribution in [-0.4, -0.2) is 33.0 Å². The number of fused-ring (bicyclic) bond motifs is 1. The third-order valence-electron chi connectivity index (χ3n) is 5.76. The summed E-state index contributed by atoms with van der Waals surface area (Å²) in [6.07, 6.45) is -2.96. The number of alkyl halides is 3. The number of rotatable bonds is 4. The molecule has 6 nitrogen and oxygen atoms in total. The molecule has 4 rings (SSSR count). The van der Waals surface area contributed by atoms with E-state index in [-0.39, 0.29) is 36.0 Å². The number of carbonyl (C=O) groups excluding carboxylic acids is 2. The third-order valence-corrected chi connectivity index (χ3v) is 5.76. The van der Waals surface area contributed by atoms with Crippen LogP contribution in [0.4, 0.5) is 18.9 Å². The summed E-state index contributed by atoms with van der Waals surface area (Å²) in [6.45, 7) is 7.11. The lowest BCUT2D eigenvalue weighted by Crippen LogP contribution is -2.43. The predicted octanol–water partition coefficient (Wildman–Crippen LogP) is 4.87. The topological polar surface area (TPSA) is 68.1 Å². The molecule has 3 heterocycles. The number of anilines is 1. The van der Waals surface area contributed by atoms with Crippen LogP contribution in [0.25, 0.3) is 0 Å². The van der Waals surface area contributed by atoms with Gasteiger partial charge in [-0.1, -0.05) is 0 Å². The van der Waals surface area contributed by atoms with E-state index in [1.165, 1.54) is 30.2 Å². The van der Waals surface area contributed by atoms with Gasteiger partial charge in [0.1, 0.15) is 5.69 Å². The van der Waals surface area contributed by atoms with Crippen molar-refractivity contribution in [2.45, 2.75) is 46.3 Å². The molecule has 0 radical (unpaired) electrons. The minimum absolute atomic E-state index is 0.0173. The Labute approximate surface area is 189 Å². The fourth-order valence-corrected chi connectivity index (χ4v) is 4.28. The lowest BCUT2D eigenvalue weighted by Gasteiger charge is -2.32. The molecule has 1 aliphatic rings. The van der Waals surface area contributed by atoms with Crippen molar-refractivity contribution >= 4 is 17.4 Å². The largest absolute Gasteiger partial charge is 0.416 e. The third kappa shape index (κ3) is 4.27. The van der Waals surface area contributed by atoms with Crippen LogP contribution >= 0.6 is 0 Å². The van der Waals surface area contributed by atoms with Gasteiger partial charge in [0, 0.05) is 41.2 Å². The zero-order valence-electron chi connectivity index (χ0n) is 18.7. The Morgan fingerprint density at radius 1 is 1.12 bits per heavy atom. The van der Waals surface area contributed by atoms with E-state index in [0.29, 0.717) is 16.8 Å². The zero-order valence-corrected chi connectivity index (χ0v) is 18.7. The van der Waals surface area contributed by atoms with Gasteiger partial charge >= 0.3 is 6.18 Å². The first-order valence-electron chi connectivity index (χ1n) is 10.5. The van der Waals surface area contributed by atoms with Gasteiger partial charge in [-0.25, -0.2) is 0 Å². The molecule has 172 valence electrons. The molecule has 0 N–H and O–H groups in total. The SMILES string of the molecule is Cc1cc(C(=O)Cc2cnn3c2C(=O)N(c2ccc(C(F)(F)F)c(C)c2)C[C@@H]3C)cc(C)n1. The van der Waals surface area contributed by atoms with Gasteiger partial charge < -0.3 is 4.90 Å². The highest BCUT2D eigenvalue weighted by Gasteiger charge is 2.36. The summed E-state index contributed by atoms with van der Waals surface area (Å²) < 4.78 is 41.0. The van der Waals surface area contributed by atoms with Crippen molar-refractivity contribution in [2.24, 2.45) is 0 Å². The van der Waals surface area contributed by atoms with Crippen LogP contribution in [0.3, 0.4) is 0 Å². The van der Waals surface area contributed by atoms with Crippen LogP contribution in [0.5, 0.6) is 0 Å². The highest BCUT2D eigenvalue weighted by Crippen LogP contribution is 2.35. The normalized spacial score (nSPS) is 16.2. The molecule has 3 aromatic rings.